The van der Waals surface area contributed by atoms with Crippen molar-refractivity contribution in [1.29, 1.82) is 0 Å². The van der Waals surface area contributed by atoms with E-state index in [1.54, 1.807) is 30.3 Å². The molecule has 0 radical (unpaired) electrons. The van der Waals surface area contributed by atoms with Gasteiger partial charge in [0.25, 0.3) is 5.91 Å². The van der Waals surface area contributed by atoms with Crippen LogP contribution in [0, 0.1) is 16.6 Å². The van der Waals surface area contributed by atoms with E-state index in [1.807, 2.05) is 13.8 Å². The summed E-state index contributed by atoms with van der Waals surface area (Å²) in [4.78, 5) is 25.5. The molecule has 3 aliphatic carbocycles. The third-order valence-corrected chi connectivity index (χ3v) is 7.33. The molecule has 3 aliphatic rings. The topological polar surface area (TPSA) is 58.2 Å². The van der Waals surface area contributed by atoms with Crippen LogP contribution in [0.5, 0.6) is 0 Å². The van der Waals surface area contributed by atoms with Gasteiger partial charge in [0.05, 0.1) is 10.0 Å². The van der Waals surface area contributed by atoms with E-state index in [9.17, 15) is 14.0 Å². The predicted molar refractivity (Wildman–Crippen MR) is 112 cm³/mol. The van der Waals surface area contributed by atoms with Gasteiger partial charge in [0.2, 0.25) is 5.91 Å². The lowest BCUT2D eigenvalue weighted by Crippen LogP contribution is -2.79. The Morgan fingerprint density at radius 3 is 2.21 bits per heavy atom. The number of carbonyl (C=O) groups is 2. The van der Waals surface area contributed by atoms with Gasteiger partial charge in [0.1, 0.15) is 5.82 Å². The van der Waals surface area contributed by atoms with E-state index in [2.05, 4.69) is 10.6 Å². The molecule has 2 N–H and O–H groups in total. The molecular weight excluding hydrogens is 414 g/mol. The van der Waals surface area contributed by atoms with Crippen molar-refractivity contribution in [1.82, 2.24) is 5.32 Å². The van der Waals surface area contributed by atoms with E-state index >= 15 is 0 Å². The monoisotopic (exact) mass is 434 g/mol. The number of hydrogen-bond donors (Lipinski definition) is 2. The van der Waals surface area contributed by atoms with Crippen molar-refractivity contribution in [2.75, 3.05) is 5.32 Å². The molecule has 0 unspecified atom stereocenters. The summed E-state index contributed by atoms with van der Waals surface area (Å²) in [5, 5.41) is 6.72. The first-order valence-electron chi connectivity index (χ1n) is 9.41. The summed E-state index contributed by atoms with van der Waals surface area (Å²) in [6, 6.07) is 10.5. The predicted octanol–water partition coefficient (Wildman–Crippen LogP) is 5.45. The molecule has 2 aromatic rings. The van der Waals surface area contributed by atoms with Gasteiger partial charge in [-0.25, -0.2) is 4.39 Å². The highest BCUT2D eigenvalue weighted by Crippen LogP contribution is 2.74. The van der Waals surface area contributed by atoms with Gasteiger partial charge >= 0.3 is 0 Å². The van der Waals surface area contributed by atoms with Crippen LogP contribution in [0.25, 0.3) is 0 Å². The lowest BCUT2D eigenvalue weighted by atomic mass is 9.32. The fourth-order valence-corrected chi connectivity index (χ4v) is 4.89. The van der Waals surface area contributed by atoms with Crippen molar-refractivity contribution in [3.63, 3.8) is 0 Å². The molecule has 0 aliphatic heterocycles. The van der Waals surface area contributed by atoms with Gasteiger partial charge in [0.15, 0.2) is 0 Å². The molecule has 7 heteroatoms. The maximum Gasteiger partial charge on any atom is 0.251 e. The smallest absolute Gasteiger partial charge is 0.251 e. The SMILES string of the molecule is CC(C)(C(=O)Nc1ccc(F)cc1)C12CC(NC(=O)c3ccc(Cl)c(Cl)c3)(C1)C2. The quantitative estimate of drug-likeness (QED) is 0.656. The van der Waals surface area contributed by atoms with Crippen LogP contribution < -0.4 is 10.6 Å². The molecule has 2 amide bonds. The van der Waals surface area contributed by atoms with E-state index in [0.29, 0.717) is 21.3 Å². The Balaban J connectivity index is 1.39. The van der Waals surface area contributed by atoms with E-state index in [0.717, 1.165) is 19.3 Å². The maximum atomic E-state index is 13.1. The molecule has 2 aromatic carbocycles. The Labute approximate surface area is 178 Å². The minimum atomic E-state index is -0.614. The summed E-state index contributed by atoms with van der Waals surface area (Å²) in [7, 11) is 0. The number of halogens is 3. The number of anilines is 1. The molecule has 0 heterocycles. The van der Waals surface area contributed by atoms with Crippen molar-refractivity contribution in [3.8, 4) is 0 Å². The lowest BCUT2D eigenvalue weighted by Gasteiger charge is -2.75. The normalized spacial score (nSPS) is 24.9. The zero-order chi connectivity index (χ0) is 21.0. The summed E-state index contributed by atoms with van der Waals surface area (Å²) < 4.78 is 13.1. The molecule has 0 atom stereocenters. The Morgan fingerprint density at radius 1 is 1.00 bits per heavy atom. The van der Waals surface area contributed by atoms with E-state index < -0.39 is 5.41 Å². The highest BCUT2D eigenvalue weighted by molar-refractivity contribution is 6.42. The second kappa shape index (κ2) is 6.71. The molecule has 29 heavy (non-hydrogen) atoms. The average molecular weight is 435 g/mol. The van der Waals surface area contributed by atoms with Gasteiger partial charge in [0, 0.05) is 22.2 Å². The number of nitrogens with one attached hydrogen (secondary N) is 2. The molecule has 3 saturated carbocycles. The fraction of sp³-hybridized carbons (Fsp3) is 0.364. The zero-order valence-electron chi connectivity index (χ0n) is 16.1. The molecule has 5 rings (SSSR count). The van der Waals surface area contributed by atoms with Gasteiger partial charge < -0.3 is 10.6 Å². The van der Waals surface area contributed by atoms with E-state index in [1.165, 1.54) is 12.1 Å². The number of amides is 2. The van der Waals surface area contributed by atoms with Crippen LogP contribution in [0.15, 0.2) is 42.5 Å². The minimum absolute atomic E-state index is 0.104. The highest BCUT2D eigenvalue weighted by Gasteiger charge is 2.74. The van der Waals surface area contributed by atoms with Crippen LogP contribution in [-0.2, 0) is 4.79 Å². The number of carbonyl (C=O) groups excluding carboxylic acids is 2. The largest absolute Gasteiger partial charge is 0.347 e. The van der Waals surface area contributed by atoms with Crippen LogP contribution >= 0.6 is 23.2 Å². The van der Waals surface area contributed by atoms with Crippen LogP contribution in [0.3, 0.4) is 0 Å². The molecule has 4 nitrogen and oxygen atoms in total. The summed E-state index contributed by atoms with van der Waals surface area (Å²) in [6.45, 7) is 3.85. The van der Waals surface area contributed by atoms with E-state index in [-0.39, 0.29) is 28.6 Å². The molecule has 3 fully saturated rings. The van der Waals surface area contributed by atoms with Crippen LogP contribution in [0.4, 0.5) is 10.1 Å². The van der Waals surface area contributed by atoms with Crippen molar-refractivity contribution in [3.05, 3.63) is 63.9 Å². The maximum absolute atomic E-state index is 13.1. The Hall–Kier alpha value is -2.11. The summed E-state index contributed by atoms with van der Waals surface area (Å²) in [6.07, 6.45) is 2.24. The summed E-state index contributed by atoms with van der Waals surface area (Å²) in [5.41, 5.74) is 0.000939. The third-order valence-electron chi connectivity index (χ3n) is 6.59. The fourth-order valence-electron chi connectivity index (χ4n) is 4.60. The van der Waals surface area contributed by atoms with Crippen molar-refractivity contribution in [2.24, 2.45) is 10.8 Å². The van der Waals surface area contributed by atoms with Gasteiger partial charge in [-0.3, -0.25) is 9.59 Å². The van der Waals surface area contributed by atoms with Gasteiger partial charge in [-0.1, -0.05) is 37.0 Å². The standard InChI is InChI=1S/C22H21Cl2FN2O2/c1-20(2,19(29)26-15-6-4-14(25)5-7-15)21-10-22(11-21,12-21)27-18(28)13-3-8-16(23)17(24)9-13/h3-9H,10-12H2,1-2H3,(H,26,29)(H,27,28). The molecule has 0 spiro atoms. The number of hydrogen-bond acceptors (Lipinski definition) is 2. The van der Waals surface area contributed by atoms with Crippen molar-refractivity contribution >= 4 is 40.7 Å². The summed E-state index contributed by atoms with van der Waals surface area (Å²) in [5.74, 6) is -0.639. The minimum Gasteiger partial charge on any atom is -0.347 e. The second-order valence-electron chi connectivity index (χ2n) is 8.76. The average Bonchev–Trinajstić information content (AvgIpc) is 2.60. The highest BCUT2D eigenvalue weighted by atomic mass is 35.5. The van der Waals surface area contributed by atoms with Gasteiger partial charge in [-0.2, -0.15) is 0 Å². The second-order valence-corrected chi connectivity index (χ2v) is 9.57. The van der Waals surface area contributed by atoms with Crippen LogP contribution in [-0.4, -0.2) is 17.4 Å². The molecule has 0 aromatic heterocycles. The number of benzene rings is 2. The van der Waals surface area contributed by atoms with Gasteiger partial charge in [-0.05, 0) is 67.1 Å². The van der Waals surface area contributed by atoms with Gasteiger partial charge in [-0.15, -0.1) is 0 Å². The lowest BCUT2D eigenvalue weighted by molar-refractivity contribution is -0.213. The third kappa shape index (κ3) is 3.30. The molecule has 0 saturated heterocycles. The summed E-state index contributed by atoms with van der Waals surface area (Å²) >= 11 is 11.9. The first-order chi connectivity index (χ1) is 13.6. The van der Waals surface area contributed by atoms with Crippen molar-refractivity contribution in [2.45, 2.75) is 38.6 Å². The number of rotatable bonds is 5. The van der Waals surface area contributed by atoms with Crippen LogP contribution in [0.1, 0.15) is 43.5 Å². The van der Waals surface area contributed by atoms with Crippen LogP contribution in [0.2, 0.25) is 10.0 Å². The molecular formula is C22H21Cl2FN2O2. The zero-order valence-corrected chi connectivity index (χ0v) is 17.6. The Kier molecular flexibility index (Phi) is 4.67. The first-order valence-corrected chi connectivity index (χ1v) is 10.2. The van der Waals surface area contributed by atoms with Crippen molar-refractivity contribution < 1.29 is 14.0 Å². The Bertz CT molecular complexity index is 985. The Morgan fingerprint density at radius 2 is 1.62 bits per heavy atom. The molecule has 152 valence electrons. The van der Waals surface area contributed by atoms with E-state index in [4.69, 9.17) is 23.2 Å². The first kappa shape index (κ1) is 20.2. The molecule has 2 bridgehead atoms.